The van der Waals surface area contributed by atoms with Gasteiger partial charge < -0.3 is 29.6 Å². The molecular weight excluding hydrogens is 787 g/mol. The summed E-state index contributed by atoms with van der Waals surface area (Å²) in [5, 5.41) is 7.59. The van der Waals surface area contributed by atoms with Crippen LogP contribution in [0.25, 0.3) is 0 Å². The molecule has 3 aromatic rings. The van der Waals surface area contributed by atoms with Crippen LogP contribution in [0.4, 0.5) is 32.9 Å². The molecule has 12 heteroatoms. The number of aromatic nitrogens is 3. The Balaban J connectivity index is 2.20. The number of nitrogens with one attached hydrogen (secondary N) is 2. The highest BCUT2D eigenvalue weighted by Crippen LogP contribution is 2.44. The Morgan fingerprint density at radius 1 is 0.508 bits per heavy atom. The number of carbonyl (C=O) groups is 2. The molecule has 61 heavy (non-hydrogen) atoms. The van der Waals surface area contributed by atoms with Crippen LogP contribution in [-0.2, 0) is 31.1 Å². The zero-order chi connectivity index (χ0) is 46.4. The number of anilines is 4. The van der Waals surface area contributed by atoms with E-state index < -0.39 is 45.2 Å². The van der Waals surface area contributed by atoms with Gasteiger partial charge in [0.1, 0.15) is 22.7 Å². The summed E-state index contributed by atoms with van der Waals surface area (Å²) in [6.45, 7) is 38.2. The lowest BCUT2D eigenvalue weighted by molar-refractivity contribution is 0.0186. The third-order valence-electron chi connectivity index (χ3n) is 9.42. The number of carbonyl (C=O) groups excluding carboxylic acids is 2. The normalized spacial score (nSPS) is 12.8. The molecule has 2 N–H and O–H groups in total. The highest BCUT2D eigenvalue weighted by atomic mass is 32.2. The summed E-state index contributed by atoms with van der Waals surface area (Å²) in [6.07, 6.45) is 5.64. The van der Waals surface area contributed by atoms with Crippen molar-refractivity contribution < 1.29 is 28.5 Å². The number of nitrogens with zero attached hydrogens (tertiary/aromatic N) is 3. The molecule has 0 spiro atoms. The summed E-state index contributed by atoms with van der Waals surface area (Å²) in [6, 6.07) is 7.96. The van der Waals surface area contributed by atoms with Crippen molar-refractivity contribution in [2.45, 2.75) is 208 Å². The molecule has 340 valence electrons. The number of hydrogen-bond acceptors (Lipinski definition) is 12. The van der Waals surface area contributed by atoms with Crippen molar-refractivity contribution in [2.75, 3.05) is 16.4 Å². The summed E-state index contributed by atoms with van der Waals surface area (Å²) in [4.78, 5) is 41.0. The van der Waals surface area contributed by atoms with Crippen molar-refractivity contribution in [1.82, 2.24) is 15.0 Å². The molecule has 0 saturated heterocycles. The Hall–Kier alpha value is -4.06. The second-order valence-electron chi connectivity index (χ2n) is 22.1. The molecule has 0 amide bonds. The SMILES string of the molecule is CCCCCCCCSc1nc(Nc2cc(C(C)(C)C)c(OC(=O)OC(C)(C)C)c(C(C)(C)C)c2)nc(Nc2cc(C(C)(C)C)c(OC(=O)OC(C)(C)C)c(C(C)(C)C)c2)n1. The Kier molecular flexibility index (Phi) is 16.8. The Labute approximate surface area is 372 Å². The maximum Gasteiger partial charge on any atom is 0.514 e. The van der Waals surface area contributed by atoms with Gasteiger partial charge in [0.2, 0.25) is 11.9 Å². The fourth-order valence-corrected chi connectivity index (χ4v) is 7.23. The number of thioether (sulfide) groups is 1. The molecule has 1 heterocycles. The second-order valence-corrected chi connectivity index (χ2v) is 23.1. The van der Waals surface area contributed by atoms with E-state index >= 15 is 0 Å². The van der Waals surface area contributed by atoms with E-state index in [1.165, 1.54) is 25.7 Å². The molecular formula is C49H77N5O6S. The van der Waals surface area contributed by atoms with Gasteiger partial charge in [-0.2, -0.15) is 15.0 Å². The largest absolute Gasteiger partial charge is 0.514 e. The van der Waals surface area contributed by atoms with Gasteiger partial charge in [-0.15, -0.1) is 0 Å². The van der Waals surface area contributed by atoms with Crippen LogP contribution in [0.2, 0.25) is 0 Å². The van der Waals surface area contributed by atoms with Crippen molar-refractivity contribution in [3.05, 3.63) is 46.5 Å². The van der Waals surface area contributed by atoms with Crippen molar-refractivity contribution >= 4 is 47.3 Å². The molecule has 2 aromatic carbocycles. The predicted molar refractivity (Wildman–Crippen MR) is 252 cm³/mol. The molecule has 1 aromatic heterocycles. The zero-order valence-corrected chi connectivity index (χ0v) is 41.8. The molecule has 11 nitrogen and oxygen atoms in total. The topological polar surface area (TPSA) is 134 Å². The maximum atomic E-state index is 13.1. The lowest BCUT2D eigenvalue weighted by Crippen LogP contribution is -2.28. The standard InChI is InChI=1S/C49H77N5O6S/c1-20-21-22-23-24-25-26-61-41-53-39(50-31-27-33(44(2,3)4)37(34(28-31)45(5,6)7)57-42(55)59-48(14,15)16)52-40(54-41)51-32-29-35(46(8,9)10)38(36(30-32)47(11,12)13)58-43(56)60-49(17,18)19/h27-30H,20-26H2,1-19H3,(H2,50,51,52,53,54). The number of benzene rings is 2. The van der Waals surface area contributed by atoms with E-state index in [0.717, 1.165) is 52.2 Å². The van der Waals surface area contributed by atoms with E-state index in [0.29, 0.717) is 28.6 Å². The van der Waals surface area contributed by atoms with Crippen molar-refractivity contribution in [3.8, 4) is 11.5 Å². The minimum absolute atomic E-state index is 0.362. The van der Waals surface area contributed by atoms with Crippen molar-refractivity contribution in [3.63, 3.8) is 0 Å². The first kappa shape index (κ1) is 51.3. The van der Waals surface area contributed by atoms with Gasteiger partial charge in [0.25, 0.3) is 0 Å². The Morgan fingerprint density at radius 3 is 1.15 bits per heavy atom. The third-order valence-corrected chi connectivity index (χ3v) is 10.3. The van der Waals surface area contributed by atoms with E-state index in [4.69, 9.17) is 33.9 Å². The molecule has 0 aliphatic carbocycles. The van der Waals surface area contributed by atoms with E-state index in [2.05, 4.69) is 101 Å². The van der Waals surface area contributed by atoms with Gasteiger partial charge in [0, 0.05) is 39.4 Å². The van der Waals surface area contributed by atoms with Gasteiger partial charge in [0.05, 0.1) is 0 Å². The first-order valence-corrected chi connectivity index (χ1v) is 22.9. The number of hydrogen-bond donors (Lipinski definition) is 2. The van der Waals surface area contributed by atoms with Gasteiger partial charge in [0.15, 0.2) is 5.16 Å². The van der Waals surface area contributed by atoms with Crippen LogP contribution >= 0.6 is 11.8 Å². The fourth-order valence-electron chi connectivity index (χ4n) is 6.40. The molecule has 0 unspecified atom stereocenters. The molecule has 0 aliphatic rings. The van der Waals surface area contributed by atoms with Crippen LogP contribution in [0.3, 0.4) is 0 Å². The third kappa shape index (κ3) is 16.6. The van der Waals surface area contributed by atoms with Crippen molar-refractivity contribution in [1.29, 1.82) is 0 Å². The summed E-state index contributed by atoms with van der Waals surface area (Å²) < 4.78 is 23.3. The minimum atomic E-state index is -0.752. The van der Waals surface area contributed by atoms with Crippen LogP contribution in [0.15, 0.2) is 29.4 Å². The van der Waals surface area contributed by atoms with Crippen LogP contribution in [0, 0.1) is 0 Å². The van der Waals surface area contributed by atoms with E-state index in [1.807, 2.05) is 65.8 Å². The van der Waals surface area contributed by atoms with E-state index in [1.54, 1.807) is 11.8 Å². The molecule has 0 bridgehead atoms. The van der Waals surface area contributed by atoms with Gasteiger partial charge in [-0.05, 0) is 93.9 Å². The van der Waals surface area contributed by atoms with Crippen LogP contribution in [-0.4, -0.2) is 44.2 Å². The molecule has 3 rings (SSSR count). The first-order chi connectivity index (χ1) is 27.8. The molecule has 0 radical (unpaired) electrons. The summed E-state index contributed by atoms with van der Waals surface area (Å²) in [7, 11) is 0. The quantitative estimate of drug-likeness (QED) is 0.0691. The Morgan fingerprint density at radius 2 is 0.836 bits per heavy atom. The fraction of sp³-hybridized carbons (Fsp3) is 0.653. The molecule has 0 atom stereocenters. The summed E-state index contributed by atoms with van der Waals surface area (Å²) in [5.41, 5.74) is 1.74. The number of ether oxygens (including phenoxy) is 4. The number of unbranched alkanes of at least 4 members (excludes halogenated alkanes) is 5. The van der Waals surface area contributed by atoms with Crippen molar-refractivity contribution in [2.24, 2.45) is 0 Å². The monoisotopic (exact) mass is 864 g/mol. The molecule has 0 fully saturated rings. The van der Waals surface area contributed by atoms with Crippen LogP contribution in [0.5, 0.6) is 11.5 Å². The average molecular weight is 864 g/mol. The molecule has 0 aliphatic heterocycles. The minimum Gasteiger partial charge on any atom is -0.428 e. The first-order valence-electron chi connectivity index (χ1n) is 21.9. The molecule has 0 saturated carbocycles. The van der Waals surface area contributed by atoms with Crippen LogP contribution in [0.1, 0.15) is 192 Å². The maximum absolute atomic E-state index is 13.1. The lowest BCUT2D eigenvalue weighted by Gasteiger charge is -2.30. The lowest BCUT2D eigenvalue weighted by atomic mass is 9.79. The summed E-state index contributed by atoms with van der Waals surface area (Å²) >= 11 is 1.61. The predicted octanol–water partition coefficient (Wildman–Crippen LogP) is 14.6. The van der Waals surface area contributed by atoms with Gasteiger partial charge in [-0.1, -0.05) is 134 Å². The van der Waals surface area contributed by atoms with Gasteiger partial charge in [-0.25, -0.2) is 9.59 Å². The highest BCUT2D eigenvalue weighted by Gasteiger charge is 2.33. The Bertz CT molecular complexity index is 1770. The number of rotatable bonds is 14. The zero-order valence-electron chi connectivity index (χ0n) is 41.0. The average Bonchev–Trinajstić information content (AvgIpc) is 3.05. The highest BCUT2D eigenvalue weighted by molar-refractivity contribution is 7.99. The van der Waals surface area contributed by atoms with Crippen LogP contribution < -0.4 is 20.1 Å². The summed E-state index contributed by atoms with van der Waals surface area (Å²) in [5.74, 6) is 2.56. The van der Waals surface area contributed by atoms with Gasteiger partial charge in [-0.3, -0.25) is 0 Å². The van der Waals surface area contributed by atoms with E-state index in [9.17, 15) is 9.59 Å². The second kappa shape index (κ2) is 20.0. The van der Waals surface area contributed by atoms with Gasteiger partial charge >= 0.3 is 12.3 Å². The van der Waals surface area contributed by atoms with E-state index in [-0.39, 0.29) is 0 Å². The smallest absolute Gasteiger partial charge is 0.428 e.